The molecule has 1 aliphatic heterocycles. The number of aryl methyl sites for hydroxylation is 1. The minimum atomic E-state index is 0.220. The fourth-order valence-corrected chi connectivity index (χ4v) is 3.72. The average Bonchev–Trinajstić information content (AvgIpc) is 3.06. The minimum absolute atomic E-state index is 0.220. The van der Waals surface area contributed by atoms with Crippen molar-refractivity contribution in [3.63, 3.8) is 0 Å². The highest BCUT2D eigenvalue weighted by Crippen LogP contribution is 2.41. The van der Waals surface area contributed by atoms with Gasteiger partial charge in [-0.3, -0.25) is 0 Å². The first-order chi connectivity index (χ1) is 12.6. The summed E-state index contributed by atoms with van der Waals surface area (Å²) in [5.74, 6) is 1.59. The van der Waals surface area contributed by atoms with E-state index >= 15 is 0 Å². The molecule has 0 saturated carbocycles. The van der Waals surface area contributed by atoms with Gasteiger partial charge in [0, 0.05) is 18.4 Å². The van der Waals surface area contributed by atoms with Crippen LogP contribution in [-0.4, -0.2) is 6.10 Å². The highest BCUT2D eigenvalue weighted by Gasteiger charge is 2.27. The number of hydrogen-bond acceptors (Lipinski definition) is 1. The zero-order valence-corrected chi connectivity index (χ0v) is 15.8. The van der Waals surface area contributed by atoms with Crippen molar-refractivity contribution >= 4 is 0 Å². The number of hydrogen-bond donors (Lipinski definition) is 0. The molecule has 0 radical (unpaired) electrons. The Kier molecular flexibility index (Phi) is 4.55. The zero-order valence-electron chi connectivity index (χ0n) is 15.8. The van der Waals surface area contributed by atoms with E-state index in [0.717, 1.165) is 18.6 Å². The van der Waals surface area contributed by atoms with Gasteiger partial charge in [-0.25, -0.2) is 0 Å². The van der Waals surface area contributed by atoms with Crippen LogP contribution in [0.1, 0.15) is 42.0 Å². The van der Waals surface area contributed by atoms with Crippen LogP contribution in [0.4, 0.5) is 0 Å². The molecule has 1 heterocycles. The Morgan fingerprint density at radius 1 is 0.962 bits per heavy atom. The fourth-order valence-electron chi connectivity index (χ4n) is 3.72. The van der Waals surface area contributed by atoms with Gasteiger partial charge in [0.2, 0.25) is 0 Å². The second kappa shape index (κ2) is 6.99. The van der Waals surface area contributed by atoms with Crippen molar-refractivity contribution in [2.75, 3.05) is 0 Å². The normalized spacial score (nSPS) is 15.8. The maximum absolute atomic E-state index is 6.46. The Labute approximate surface area is 156 Å². The van der Waals surface area contributed by atoms with E-state index in [1.165, 1.54) is 33.4 Å². The second-order valence-corrected chi connectivity index (χ2v) is 7.71. The van der Waals surface area contributed by atoms with Gasteiger partial charge in [0.1, 0.15) is 11.9 Å². The third-order valence-corrected chi connectivity index (χ3v) is 5.26. The van der Waals surface area contributed by atoms with Gasteiger partial charge in [-0.1, -0.05) is 80.1 Å². The lowest BCUT2D eigenvalue weighted by Gasteiger charge is -2.15. The number of benzene rings is 3. The Morgan fingerprint density at radius 2 is 1.69 bits per heavy atom. The van der Waals surface area contributed by atoms with E-state index in [4.69, 9.17) is 4.74 Å². The third kappa shape index (κ3) is 3.39. The molecule has 0 aromatic heterocycles. The Hall–Kier alpha value is -2.54. The molecular formula is C25H26O. The molecule has 3 aromatic rings. The maximum atomic E-state index is 6.46. The van der Waals surface area contributed by atoms with Crippen molar-refractivity contribution in [3.8, 4) is 16.9 Å². The van der Waals surface area contributed by atoms with Crippen molar-refractivity contribution < 1.29 is 4.74 Å². The second-order valence-electron chi connectivity index (χ2n) is 7.71. The quantitative estimate of drug-likeness (QED) is 0.538. The van der Waals surface area contributed by atoms with E-state index in [1.807, 2.05) is 0 Å². The molecule has 0 bridgehead atoms. The first-order valence-corrected chi connectivity index (χ1v) is 9.54. The molecule has 3 aromatic carbocycles. The highest BCUT2D eigenvalue weighted by atomic mass is 16.5. The van der Waals surface area contributed by atoms with Crippen molar-refractivity contribution in [2.45, 2.75) is 45.6 Å². The lowest BCUT2D eigenvalue weighted by molar-refractivity contribution is 0.234. The molecule has 0 saturated heterocycles. The molecule has 0 fully saturated rings. The van der Waals surface area contributed by atoms with E-state index in [1.54, 1.807) is 0 Å². The molecule has 1 aliphatic rings. The number of ether oxygens (including phenoxy) is 1. The van der Waals surface area contributed by atoms with Crippen molar-refractivity contribution in [3.05, 3.63) is 89.0 Å². The van der Waals surface area contributed by atoms with Crippen LogP contribution in [-0.2, 0) is 12.8 Å². The summed E-state index contributed by atoms with van der Waals surface area (Å²) in [5, 5.41) is 0. The summed E-state index contributed by atoms with van der Waals surface area (Å²) in [5.41, 5.74) is 7.87. The summed E-state index contributed by atoms with van der Waals surface area (Å²) >= 11 is 0. The van der Waals surface area contributed by atoms with Gasteiger partial charge >= 0.3 is 0 Å². The maximum Gasteiger partial charge on any atom is 0.130 e. The van der Waals surface area contributed by atoms with E-state index in [9.17, 15) is 0 Å². The van der Waals surface area contributed by atoms with Gasteiger partial charge in [-0.2, -0.15) is 0 Å². The summed E-state index contributed by atoms with van der Waals surface area (Å²) in [6, 6.07) is 24.1. The van der Waals surface area contributed by atoms with Crippen LogP contribution in [0.5, 0.6) is 5.75 Å². The third-order valence-electron chi connectivity index (χ3n) is 5.26. The summed E-state index contributed by atoms with van der Waals surface area (Å²) in [7, 11) is 0. The zero-order chi connectivity index (χ0) is 18.1. The van der Waals surface area contributed by atoms with Crippen LogP contribution in [0.25, 0.3) is 11.1 Å². The topological polar surface area (TPSA) is 9.23 Å². The summed E-state index contributed by atoms with van der Waals surface area (Å²) in [6.45, 7) is 6.65. The Morgan fingerprint density at radius 3 is 2.38 bits per heavy atom. The first kappa shape index (κ1) is 16.9. The van der Waals surface area contributed by atoms with Gasteiger partial charge in [-0.05, 0) is 41.2 Å². The van der Waals surface area contributed by atoms with Crippen LogP contribution >= 0.6 is 0 Å². The fraction of sp³-hybridized carbons (Fsp3) is 0.280. The molecule has 1 atom stereocenters. The monoisotopic (exact) mass is 342 g/mol. The molecule has 1 unspecified atom stereocenters. The lowest BCUT2D eigenvalue weighted by Crippen LogP contribution is -2.16. The van der Waals surface area contributed by atoms with Crippen LogP contribution in [0.3, 0.4) is 0 Å². The SMILES string of the molecule is Cc1ccc(CC2Cc3cc(C(C)C)cc(-c4ccccc4)c3O2)cc1. The first-order valence-electron chi connectivity index (χ1n) is 9.54. The van der Waals surface area contributed by atoms with Gasteiger partial charge in [0.25, 0.3) is 0 Å². The highest BCUT2D eigenvalue weighted by molar-refractivity contribution is 5.74. The van der Waals surface area contributed by atoms with Gasteiger partial charge in [0.15, 0.2) is 0 Å². The molecule has 0 spiro atoms. The summed E-state index contributed by atoms with van der Waals surface area (Å²) in [4.78, 5) is 0. The Bertz CT molecular complexity index is 891. The van der Waals surface area contributed by atoms with Crippen LogP contribution < -0.4 is 4.74 Å². The number of fused-ring (bicyclic) bond motifs is 1. The Balaban J connectivity index is 1.67. The van der Waals surface area contributed by atoms with Crippen molar-refractivity contribution in [1.29, 1.82) is 0 Å². The molecule has 0 N–H and O–H groups in total. The molecule has 1 nitrogen and oxygen atoms in total. The van der Waals surface area contributed by atoms with Crippen molar-refractivity contribution in [2.24, 2.45) is 0 Å². The largest absolute Gasteiger partial charge is 0.489 e. The van der Waals surface area contributed by atoms with Gasteiger partial charge in [0.05, 0.1) is 0 Å². The van der Waals surface area contributed by atoms with Crippen LogP contribution in [0.15, 0.2) is 66.7 Å². The standard InChI is InChI=1S/C25H26O/c1-17(2)21-14-22-15-23(13-19-11-9-18(3)10-12-19)26-25(22)24(16-21)20-7-5-4-6-8-20/h4-12,14,16-17,23H,13,15H2,1-3H3. The smallest absolute Gasteiger partial charge is 0.130 e. The van der Waals surface area contributed by atoms with E-state index in [0.29, 0.717) is 5.92 Å². The number of rotatable bonds is 4. The van der Waals surface area contributed by atoms with Gasteiger partial charge < -0.3 is 4.74 Å². The summed E-state index contributed by atoms with van der Waals surface area (Å²) < 4.78 is 6.46. The molecule has 1 heteroatoms. The van der Waals surface area contributed by atoms with Crippen LogP contribution in [0.2, 0.25) is 0 Å². The predicted molar refractivity (Wildman–Crippen MR) is 109 cm³/mol. The minimum Gasteiger partial charge on any atom is -0.489 e. The predicted octanol–water partition coefficient (Wildman–Crippen LogP) is 6.33. The molecule has 4 rings (SSSR count). The molecule has 26 heavy (non-hydrogen) atoms. The molecule has 0 amide bonds. The molecule has 132 valence electrons. The van der Waals surface area contributed by atoms with Crippen molar-refractivity contribution in [1.82, 2.24) is 0 Å². The van der Waals surface area contributed by atoms with Gasteiger partial charge in [-0.15, -0.1) is 0 Å². The molecule has 0 aliphatic carbocycles. The summed E-state index contributed by atoms with van der Waals surface area (Å²) in [6.07, 6.45) is 2.17. The van der Waals surface area contributed by atoms with E-state index < -0.39 is 0 Å². The molecular weight excluding hydrogens is 316 g/mol. The average molecular weight is 342 g/mol. The van der Waals surface area contributed by atoms with E-state index in [2.05, 4.69) is 87.5 Å². The van der Waals surface area contributed by atoms with Crippen LogP contribution in [0, 0.1) is 6.92 Å². The van der Waals surface area contributed by atoms with E-state index in [-0.39, 0.29) is 6.10 Å². The lowest BCUT2D eigenvalue weighted by atomic mass is 9.92.